The summed E-state index contributed by atoms with van der Waals surface area (Å²) in [7, 11) is 3.18. The highest BCUT2D eigenvalue weighted by molar-refractivity contribution is 7.78. The topological polar surface area (TPSA) is 94.5 Å². The molecule has 0 radical (unpaired) electrons. The average Bonchev–Trinajstić information content (AvgIpc) is 2.66. The summed E-state index contributed by atoms with van der Waals surface area (Å²) < 4.78 is 23.2. The number of quaternary nitrogens is 1. The van der Waals surface area contributed by atoms with Crippen LogP contribution in [-0.4, -0.2) is 39.5 Å². The molecule has 154 valence electrons. The molecule has 1 atom stereocenters. The van der Waals surface area contributed by atoms with Crippen LogP contribution in [0.25, 0.3) is 10.8 Å². The van der Waals surface area contributed by atoms with E-state index in [1.54, 1.807) is 20.2 Å². The Morgan fingerprint density at radius 3 is 2.24 bits per heavy atom. The van der Waals surface area contributed by atoms with Gasteiger partial charge in [-0.25, -0.2) is 8.10 Å². The zero-order chi connectivity index (χ0) is 21.3. The Morgan fingerprint density at radius 1 is 1.10 bits per heavy atom. The van der Waals surface area contributed by atoms with E-state index >= 15 is 0 Å². The lowest BCUT2D eigenvalue weighted by atomic mass is 9.78. The molecule has 6 nitrogen and oxygen atoms in total. The summed E-state index contributed by atoms with van der Waals surface area (Å²) >= 11 is -2.37. The van der Waals surface area contributed by atoms with Crippen molar-refractivity contribution in [2.45, 2.75) is 38.5 Å². The van der Waals surface area contributed by atoms with Crippen LogP contribution in [0.1, 0.15) is 44.1 Å². The Hall–Kier alpha value is -2.35. The number of aliphatic hydroxyl groups is 1. The maximum atomic E-state index is 12.6. The van der Waals surface area contributed by atoms with E-state index in [0.717, 1.165) is 16.3 Å². The van der Waals surface area contributed by atoms with Gasteiger partial charge >= 0.3 is 0 Å². The van der Waals surface area contributed by atoms with Gasteiger partial charge in [0, 0.05) is 30.7 Å². The fourth-order valence-electron chi connectivity index (χ4n) is 4.00. The van der Waals surface area contributed by atoms with Crippen molar-refractivity contribution in [3.05, 3.63) is 53.3 Å². The lowest BCUT2D eigenvalue weighted by Crippen LogP contribution is -2.42. The highest BCUT2D eigenvalue weighted by atomic mass is 32.2. The van der Waals surface area contributed by atoms with E-state index < -0.39 is 11.3 Å². The first-order valence-electron chi connectivity index (χ1n) is 9.63. The molecular formula is C22H25NO5S. The minimum Gasteiger partial charge on any atom is -0.724 e. The van der Waals surface area contributed by atoms with Crippen molar-refractivity contribution in [1.82, 2.24) is 3.89 Å². The monoisotopic (exact) mass is 415 g/mol. The van der Waals surface area contributed by atoms with Gasteiger partial charge in [0.1, 0.15) is 5.76 Å². The summed E-state index contributed by atoms with van der Waals surface area (Å²) in [4.78, 5) is 25.3. The lowest BCUT2D eigenvalue weighted by Gasteiger charge is -2.31. The second-order valence-electron chi connectivity index (χ2n) is 7.81. The third-order valence-electron chi connectivity index (χ3n) is 5.52. The van der Waals surface area contributed by atoms with Crippen molar-refractivity contribution in [2.75, 3.05) is 14.1 Å². The molecular weight excluding hydrogens is 390 g/mol. The molecule has 1 saturated carbocycles. The predicted octanol–water partition coefficient (Wildman–Crippen LogP) is 3.83. The van der Waals surface area contributed by atoms with Crippen molar-refractivity contribution in [3.8, 4) is 0 Å². The van der Waals surface area contributed by atoms with Crippen LogP contribution < -0.4 is 3.89 Å². The van der Waals surface area contributed by atoms with Gasteiger partial charge in [-0.05, 0) is 29.4 Å². The molecule has 0 amide bonds. The van der Waals surface area contributed by atoms with Gasteiger partial charge in [-0.15, -0.1) is 0 Å². The van der Waals surface area contributed by atoms with Crippen LogP contribution in [-0.2, 0) is 20.9 Å². The number of ketones is 2. The maximum Gasteiger partial charge on any atom is 0.170 e. The number of fused-ring (bicyclic) bond motifs is 1. The molecule has 0 bridgehead atoms. The first kappa shape index (κ1) is 21.4. The number of carbonyl (C=O) groups excluding carboxylic acids is 2. The SMILES string of the molecule is CCCC(O)=C1C(=O)CC(c2ccc([N+](C)(C)S(=O)[O-])c3ccccc23)CC1=O. The minimum absolute atomic E-state index is 0.0522. The van der Waals surface area contributed by atoms with Gasteiger partial charge in [-0.1, -0.05) is 31.2 Å². The summed E-state index contributed by atoms with van der Waals surface area (Å²) in [6, 6.07) is 11.0. The second-order valence-corrected chi connectivity index (χ2v) is 9.16. The van der Waals surface area contributed by atoms with Crippen molar-refractivity contribution in [3.63, 3.8) is 0 Å². The predicted molar refractivity (Wildman–Crippen MR) is 113 cm³/mol. The van der Waals surface area contributed by atoms with E-state index in [4.69, 9.17) is 0 Å². The molecule has 1 aliphatic carbocycles. The molecule has 0 spiro atoms. The van der Waals surface area contributed by atoms with E-state index in [9.17, 15) is 23.5 Å². The minimum atomic E-state index is -2.37. The maximum absolute atomic E-state index is 12.6. The molecule has 3 rings (SSSR count). The van der Waals surface area contributed by atoms with E-state index in [1.807, 2.05) is 37.3 Å². The average molecular weight is 416 g/mol. The van der Waals surface area contributed by atoms with Gasteiger partial charge in [0.25, 0.3) is 0 Å². The molecule has 2 aromatic carbocycles. The van der Waals surface area contributed by atoms with E-state index in [-0.39, 0.29) is 45.5 Å². The number of carbonyl (C=O) groups is 2. The van der Waals surface area contributed by atoms with Crippen molar-refractivity contribution in [2.24, 2.45) is 0 Å². The summed E-state index contributed by atoms with van der Waals surface area (Å²) in [5.74, 6) is -1.08. The highest BCUT2D eigenvalue weighted by Gasteiger charge is 2.35. The van der Waals surface area contributed by atoms with Gasteiger partial charge in [0.05, 0.1) is 19.7 Å². The van der Waals surface area contributed by atoms with Crippen LogP contribution in [0.5, 0.6) is 0 Å². The molecule has 7 heteroatoms. The van der Waals surface area contributed by atoms with E-state index in [2.05, 4.69) is 0 Å². The molecule has 0 aliphatic heterocycles. The first-order chi connectivity index (χ1) is 13.7. The number of benzene rings is 2. The number of aliphatic hydroxyl groups excluding tert-OH is 1. The van der Waals surface area contributed by atoms with Gasteiger partial charge < -0.3 is 9.66 Å². The van der Waals surface area contributed by atoms with Crippen LogP contribution in [0.2, 0.25) is 0 Å². The zero-order valence-electron chi connectivity index (χ0n) is 16.8. The number of nitrogens with zero attached hydrogens (tertiary/aromatic N) is 1. The number of rotatable bonds is 5. The van der Waals surface area contributed by atoms with Crippen molar-refractivity contribution < 1.29 is 23.5 Å². The van der Waals surface area contributed by atoms with Crippen LogP contribution in [0.4, 0.5) is 5.69 Å². The van der Waals surface area contributed by atoms with Crippen LogP contribution in [0.3, 0.4) is 0 Å². The molecule has 29 heavy (non-hydrogen) atoms. The van der Waals surface area contributed by atoms with Crippen LogP contribution in [0.15, 0.2) is 47.7 Å². The molecule has 1 N–H and O–H groups in total. The Bertz CT molecular complexity index is 1020. The summed E-state index contributed by atoms with van der Waals surface area (Å²) in [5, 5.41) is 11.7. The Kier molecular flexibility index (Phi) is 6.03. The fraction of sp³-hybridized carbons (Fsp3) is 0.364. The summed E-state index contributed by atoms with van der Waals surface area (Å²) in [5.41, 5.74) is 1.41. The highest BCUT2D eigenvalue weighted by Crippen LogP contribution is 2.40. The fourth-order valence-corrected chi connectivity index (χ4v) is 4.32. The number of hydrogen-bond acceptors (Lipinski definition) is 5. The van der Waals surface area contributed by atoms with Gasteiger partial charge in [0.15, 0.2) is 28.5 Å². The molecule has 1 aliphatic rings. The number of hydrogen-bond donors (Lipinski definition) is 1. The molecule has 1 fully saturated rings. The lowest BCUT2D eigenvalue weighted by molar-refractivity contribution is -0.124. The van der Waals surface area contributed by atoms with E-state index in [0.29, 0.717) is 18.5 Å². The van der Waals surface area contributed by atoms with Crippen molar-refractivity contribution in [1.29, 1.82) is 0 Å². The number of Topliss-reactive ketones (excluding diaryl/α,β-unsaturated/α-hetero) is 2. The van der Waals surface area contributed by atoms with Gasteiger partial charge in [0.2, 0.25) is 0 Å². The summed E-state index contributed by atoms with van der Waals surface area (Å²) in [6.07, 6.45) is 1.25. The normalized spacial score (nSPS) is 18.9. The van der Waals surface area contributed by atoms with Gasteiger partial charge in [-0.2, -0.15) is 0 Å². The van der Waals surface area contributed by atoms with Crippen LogP contribution >= 0.6 is 0 Å². The molecule has 2 aromatic rings. The first-order valence-corrected chi connectivity index (χ1v) is 10.7. The molecule has 0 heterocycles. The van der Waals surface area contributed by atoms with Crippen LogP contribution in [0, 0.1) is 0 Å². The third kappa shape index (κ3) is 3.90. The zero-order valence-corrected chi connectivity index (χ0v) is 17.6. The van der Waals surface area contributed by atoms with Gasteiger partial charge in [-0.3, -0.25) is 9.59 Å². The Balaban J connectivity index is 2.07. The number of allylic oxidation sites excluding steroid dienone is 2. The standard InChI is InChI=1S/C22H25NO5S/c1-4-7-19(24)22-20(25)12-14(13-21(22)26)15-10-11-18(23(2,3)29(27)28)17-9-6-5-8-16(15)17/h5-6,8-11,14H,4,7,12-13H2,1-3H3,(H-,24,25,26,27,28). The van der Waals surface area contributed by atoms with Crippen molar-refractivity contribution >= 4 is 39.3 Å². The summed E-state index contributed by atoms with van der Waals surface area (Å²) in [6.45, 7) is 1.87. The second kappa shape index (κ2) is 8.18. The third-order valence-corrected chi connectivity index (χ3v) is 6.47. The Morgan fingerprint density at radius 2 is 1.69 bits per heavy atom. The molecule has 0 aromatic heterocycles. The molecule has 1 unspecified atom stereocenters. The smallest absolute Gasteiger partial charge is 0.170 e. The Labute approximate surface area is 172 Å². The quantitative estimate of drug-likeness (QED) is 0.263. The molecule has 0 saturated heterocycles. The largest absolute Gasteiger partial charge is 0.724 e. The van der Waals surface area contributed by atoms with E-state index in [1.165, 1.54) is 0 Å².